The first-order chi connectivity index (χ1) is 8.35. The van der Waals surface area contributed by atoms with Gasteiger partial charge in [-0.3, -0.25) is 0 Å². The van der Waals surface area contributed by atoms with Crippen molar-refractivity contribution >= 4 is 27.5 Å². The standard InChI is InChI=1S/C9H14N4O4S/c1-11-18(16,17)5-4-12-8-6(10)2-3-7(13-8)9(14)15/h2-3,11H,4-5,10H2,1H3,(H,12,13)(H,14,15). The minimum absolute atomic E-state index is 0.0729. The van der Waals surface area contributed by atoms with Crippen LogP contribution in [0.5, 0.6) is 0 Å². The molecule has 1 heterocycles. The van der Waals surface area contributed by atoms with E-state index < -0.39 is 16.0 Å². The highest BCUT2D eigenvalue weighted by molar-refractivity contribution is 7.89. The lowest BCUT2D eigenvalue weighted by molar-refractivity contribution is 0.0690. The lowest BCUT2D eigenvalue weighted by Gasteiger charge is -2.09. The average molecular weight is 274 g/mol. The summed E-state index contributed by atoms with van der Waals surface area (Å²) >= 11 is 0. The number of carbonyl (C=O) groups is 1. The first-order valence-corrected chi connectivity index (χ1v) is 6.66. The number of hydrogen-bond donors (Lipinski definition) is 4. The summed E-state index contributed by atoms with van der Waals surface area (Å²) in [5, 5.41) is 11.4. The Hall–Kier alpha value is -1.87. The van der Waals surface area contributed by atoms with Crippen LogP contribution in [0, 0.1) is 0 Å². The summed E-state index contributed by atoms with van der Waals surface area (Å²) in [6.45, 7) is 0.0729. The van der Waals surface area contributed by atoms with Crippen molar-refractivity contribution in [1.29, 1.82) is 0 Å². The smallest absolute Gasteiger partial charge is 0.354 e. The molecule has 0 aromatic carbocycles. The van der Waals surface area contributed by atoms with Crippen LogP contribution in [0.15, 0.2) is 12.1 Å². The van der Waals surface area contributed by atoms with Crippen molar-refractivity contribution < 1.29 is 18.3 Å². The van der Waals surface area contributed by atoms with Gasteiger partial charge in [0.1, 0.15) is 5.82 Å². The monoisotopic (exact) mass is 274 g/mol. The number of nitrogen functional groups attached to an aromatic ring is 1. The zero-order chi connectivity index (χ0) is 13.8. The van der Waals surface area contributed by atoms with Gasteiger partial charge in [0, 0.05) is 6.54 Å². The van der Waals surface area contributed by atoms with Crippen LogP contribution in [-0.4, -0.2) is 43.8 Å². The van der Waals surface area contributed by atoms with Gasteiger partial charge in [0.2, 0.25) is 10.0 Å². The van der Waals surface area contributed by atoms with Gasteiger partial charge in [-0.05, 0) is 19.2 Å². The van der Waals surface area contributed by atoms with E-state index >= 15 is 0 Å². The number of anilines is 2. The number of carboxylic acids is 1. The van der Waals surface area contributed by atoms with Crippen molar-refractivity contribution in [1.82, 2.24) is 9.71 Å². The zero-order valence-corrected chi connectivity index (χ0v) is 10.5. The maximum Gasteiger partial charge on any atom is 0.354 e. The molecule has 0 bridgehead atoms. The largest absolute Gasteiger partial charge is 0.477 e. The molecule has 100 valence electrons. The molecule has 0 radical (unpaired) electrons. The summed E-state index contributed by atoms with van der Waals surface area (Å²) in [4.78, 5) is 14.5. The van der Waals surface area contributed by atoms with Gasteiger partial charge >= 0.3 is 5.97 Å². The number of rotatable bonds is 6. The molecule has 0 saturated carbocycles. The van der Waals surface area contributed by atoms with Gasteiger partial charge in [0.05, 0.1) is 11.4 Å². The molecule has 0 aliphatic rings. The fourth-order valence-corrected chi connectivity index (χ4v) is 1.71. The highest BCUT2D eigenvalue weighted by atomic mass is 32.2. The van der Waals surface area contributed by atoms with Crippen molar-refractivity contribution in [3.63, 3.8) is 0 Å². The number of hydrogen-bond acceptors (Lipinski definition) is 6. The third kappa shape index (κ3) is 3.86. The highest BCUT2D eigenvalue weighted by Gasteiger charge is 2.10. The summed E-state index contributed by atoms with van der Waals surface area (Å²) in [5.74, 6) is -1.19. The first-order valence-electron chi connectivity index (χ1n) is 5.00. The summed E-state index contributed by atoms with van der Waals surface area (Å²) in [6.07, 6.45) is 0. The Morgan fingerprint density at radius 3 is 2.72 bits per heavy atom. The highest BCUT2D eigenvalue weighted by Crippen LogP contribution is 2.15. The molecule has 0 unspecified atom stereocenters. The average Bonchev–Trinajstić information content (AvgIpc) is 2.31. The second-order valence-electron chi connectivity index (χ2n) is 3.39. The maximum absolute atomic E-state index is 11.2. The molecule has 0 atom stereocenters. The normalized spacial score (nSPS) is 11.2. The predicted molar refractivity (Wildman–Crippen MR) is 66.9 cm³/mol. The molecule has 0 amide bonds. The van der Waals surface area contributed by atoms with E-state index in [1.54, 1.807) is 0 Å². The Balaban J connectivity index is 2.73. The van der Waals surface area contributed by atoms with Gasteiger partial charge in [-0.15, -0.1) is 0 Å². The maximum atomic E-state index is 11.2. The van der Waals surface area contributed by atoms with E-state index in [1.807, 2.05) is 0 Å². The van der Waals surface area contributed by atoms with Gasteiger partial charge in [-0.1, -0.05) is 0 Å². The van der Waals surface area contributed by atoms with Crippen molar-refractivity contribution in [2.75, 3.05) is 30.4 Å². The van der Waals surface area contributed by atoms with E-state index in [-0.39, 0.29) is 29.5 Å². The zero-order valence-electron chi connectivity index (χ0n) is 9.67. The molecule has 18 heavy (non-hydrogen) atoms. The number of aromatic nitrogens is 1. The van der Waals surface area contributed by atoms with Crippen LogP contribution in [-0.2, 0) is 10.0 Å². The van der Waals surface area contributed by atoms with Crippen molar-refractivity contribution in [2.45, 2.75) is 0 Å². The van der Waals surface area contributed by atoms with Gasteiger partial charge in [-0.2, -0.15) is 0 Å². The summed E-state index contributed by atoms with van der Waals surface area (Å²) in [6, 6.07) is 2.67. The fraction of sp³-hybridized carbons (Fsp3) is 0.333. The van der Waals surface area contributed by atoms with Gasteiger partial charge < -0.3 is 16.2 Å². The summed E-state index contributed by atoms with van der Waals surface area (Å²) in [5.41, 5.74) is 5.68. The number of nitrogens with two attached hydrogens (primary N) is 1. The van der Waals surface area contributed by atoms with E-state index in [1.165, 1.54) is 19.2 Å². The third-order valence-corrected chi connectivity index (χ3v) is 3.48. The van der Waals surface area contributed by atoms with E-state index in [0.29, 0.717) is 0 Å². The molecule has 0 saturated heterocycles. The second kappa shape index (κ2) is 5.65. The molecular weight excluding hydrogens is 260 g/mol. The van der Waals surface area contributed by atoms with Gasteiger partial charge in [0.25, 0.3) is 0 Å². The molecule has 1 aromatic rings. The number of carboxylic acid groups (broad SMARTS) is 1. The summed E-state index contributed by atoms with van der Waals surface area (Å²) < 4.78 is 24.5. The quantitative estimate of drug-likeness (QED) is 0.540. The molecule has 9 heteroatoms. The molecule has 8 nitrogen and oxygen atoms in total. The molecular formula is C9H14N4O4S. The Bertz CT molecular complexity index is 543. The molecule has 5 N–H and O–H groups in total. The Morgan fingerprint density at radius 2 is 2.17 bits per heavy atom. The van der Waals surface area contributed by atoms with E-state index in [9.17, 15) is 13.2 Å². The minimum Gasteiger partial charge on any atom is -0.477 e. The number of nitrogens with zero attached hydrogens (tertiary/aromatic N) is 1. The molecule has 0 aliphatic heterocycles. The van der Waals surface area contributed by atoms with E-state index in [0.717, 1.165) is 0 Å². The molecule has 1 rings (SSSR count). The molecule has 0 aliphatic carbocycles. The SMILES string of the molecule is CNS(=O)(=O)CCNc1nc(C(=O)O)ccc1N. The van der Waals surface area contributed by atoms with Crippen LogP contribution < -0.4 is 15.8 Å². The Morgan fingerprint density at radius 1 is 1.50 bits per heavy atom. The lowest BCUT2D eigenvalue weighted by Crippen LogP contribution is -2.26. The number of aromatic carboxylic acids is 1. The predicted octanol–water partition coefficient (Wildman–Crippen LogP) is -0.677. The van der Waals surface area contributed by atoms with Crippen LogP contribution in [0.25, 0.3) is 0 Å². The van der Waals surface area contributed by atoms with Crippen LogP contribution >= 0.6 is 0 Å². The number of pyridine rings is 1. The van der Waals surface area contributed by atoms with Crippen LogP contribution in [0.3, 0.4) is 0 Å². The lowest BCUT2D eigenvalue weighted by atomic mass is 10.3. The molecule has 1 aromatic heterocycles. The van der Waals surface area contributed by atoms with Gasteiger partial charge in [0.15, 0.2) is 5.69 Å². The number of sulfonamides is 1. The summed E-state index contributed by atoms with van der Waals surface area (Å²) in [7, 11) is -2.01. The van der Waals surface area contributed by atoms with E-state index in [4.69, 9.17) is 10.8 Å². The van der Waals surface area contributed by atoms with Crippen molar-refractivity contribution in [2.24, 2.45) is 0 Å². The van der Waals surface area contributed by atoms with Crippen LogP contribution in [0.2, 0.25) is 0 Å². The molecule has 0 fully saturated rings. The Kier molecular flexibility index (Phi) is 4.45. The van der Waals surface area contributed by atoms with Crippen LogP contribution in [0.4, 0.5) is 11.5 Å². The van der Waals surface area contributed by atoms with Crippen molar-refractivity contribution in [3.8, 4) is 0 Å². The second-order valence-corrected chi connectivity index (χ2v) is 5.44. The van der Waals surface area contributed by atoms with Crippen LogP contribution in [0.1, 0.15) is 10.5 Å². The third-order valence-electron chi connectivity index (χ3n) is 2.12. The first kappa shape index (κ1) is 14.2. The van der Waals surface area contributed by atoms with E-state index in [2.05, 4.69) is 15.0 Å². The Labute approximate surface area is 104 Å². The minimum atomic E-state index is -3.33. The van der Waals surface area contributed by atoms with Crippen molar-refractivity contribution in [3.05, 3.63) is 17.8 Å². The molecule has 0 spiro atoms. The fourth-order valence-electron chi connectivity index (χ4n) is 1.14. The topological polar surface area (TPSA) is 134 Å². The van der Waals surface area contributed by atoms with Gasteiger partial charge in [-0.25, -0.2) is 22.9 Å². The number of nitrogens with one attached hydrogen (secondary N) is 2.